The van der Waals surface area contributed by atoms with Crippen molar-refractivity contribution in [3.8, 4) is 0 Å². The monoisotopic (exact) mass is 475 g/mol. The van der Waals surface area contributed by atoms with Crippen LogP contribution in [0.2, 0.25) is 0 Å². The zero-order valence-electron chi connectivity index (χ0n) is 16.1. The van der Waals surface area contributed by atoms with Gasteiger partial charge in [-0.15, -0.1) is 24.0 Å². The van der Waals surface area contributed by atoms with Crippen molar-refractivity contribution in [2.24, 2.45) is 4.99 Å². The van der Waals surface area contributed by atoms with Crippen LogP contribution in [0.5, 0.6) is 0 Å². The molecule has 1 aliphatic carbocycles. The molecule has 1 fully saturated rings. The number of hydrogen-bond donors (Lipinski definition) is 2. The van der Waals surface area contributed by atoms with Crippen molar-refractivity contribution in [1.82, 2.24) is 10.6 Å². The summed E-state index contributed by atoms with van der Waals surface area (Å²) in [6.45, 7) is 3.83. The minimum absolute atomic E-state index is 0. The van der Waals surface area contributed by atoms with Crippen molar-refractivity contribution in [2.75, 3.05) is 47.1 Å². The van der Waals surface area contributed by atoms with Gasteiger partial charge in [0.2, 0.25) is 0 Å². The Morgan fingerprint density at radius 1 is 1.08 bits per heavy atom. The van der Waals surface area contributed by atoms with Crippen molar-refractivity contribution >= 4 is 29.9 Å². The van der Waals surface area contributed by atoms with E-state index >= 15 is 0 Å². The lowest BCUT2D eigenvalue weighted by Gasteiger charge is -2.30. The summed E-state index contributed by atoms with van der Waals surface area (Å²) in [5, 5.41) is 6.92. The van der Waals surface area contributed by atoms with Crippen LogP contribution in [0.3, 0.4) is 0 Å². The third-order valence-electron chi connectivity index (χ3n) is 4.95. The molecule has 1 aromatic rings. The fraction of sp³-hybridized carbons (Fsp3) is 0.650. The van der Waals surface area contributed by atoms with Crippen LogP contribution in [-0.2, 0) is 14.9 Å². The van der Waals surface area contributed by atoms with Gasteiger partial charge in [-0.3, -0.25) is 4.99 Å². The van der Waals surface area contributed by atoms with E-state index in [0.717, 1.165) is 32.1 Å². The molecule has 5 nitrogen and oxygen atoms in total. The molecule has 0 aromatic heterocycles. The number of nitrogens with one attached hydrogen (secondary N) is 2. The average Bonchev–Trinajstić information content (AvgIpc) is 3.14. The molecule has 0 unspecified atom stereocenters. The molecule has 26 heavy (non-hydrogen) atoms. The number of halogens is 1. The first-order valence-corrected chi connectivity index (χ1v) is 9.37. The van der Waals surface area contributed by atoms with Crippen molar-refractivity contribution < 1.29 is 9.47 Å². The summed E-state index contributed by atoms with van der Waals surface area (Å²) < 4.78 is 10.4. The van der Waals surface area contributed by atoms with Gasteiger partial charge < -0.3 is 20.1 Å². The molecule has 0 heterocycles. The number of hydrogen-bond acceptors (Lipinski definition) is 3. The molecule has 1 saturated carbocycles. The van der Waals surface area contributed by atoms with Gasteiger partial charge in [-0.2, -0.15) is 0 Å². The summed E-state index contributed by atoms with van der Waals surface area (Å²) in [5.74, 6) is 0.874. The van der Waals surface area contributed by atoms with Gasteiger partial charge in [-0.1, -0.05) is 43.2 Å². The smallest absolute Gasteiger partial charge is 0.191 e. The van der Waals surface area contributed by atoms with Crippen LogP contribution < -0.4 is 10.6 Å². The number of methoxy groups -OCH3 is 1. The standard InChI is InChI=1S/C20H33N3O2.HI/c1-21-19(22-13-8-14-25-16-15-24-2)23-17-20(11-6-7-12-20)18-9-4-3-5-10-18;/h3-5,9-10H,6-8,11-17H2,1-2H3,(H2,21,22,23);1H. The Hall–Kier alpha value is -0.860. The fourth-order valence-corrected chi connectivity index (χ4v) is 3.51. The number of rotatable bonds is 10. The number of ether oxygens (including phenoxy) is 2. The van der Waals surface area contributed by atoms with E-state index in [9.17, 15) is 0 Å². The van der Waals surface area contributed by atoms with E-state index in [0.29, 0.717) is 13.2 Å². The van der Waals surface area contributed by atoms with E-state index in [1.807, 2.05) is 7.05 Å². The predicted octanol–water partition coefficient (Wildman–Crippen LogP) is 3.33. The van der Waals surface area contributed by atoms with Crippen LogP contribution in [0, 0.1) is 0 Å². The zero-order chi connectivity index (χ0) is 17.8. The van der Waals surface area contributed by atoms with Crippen LogP contribution in [-0.4, -0.2) is 53.0 Å². The summed E-state index contributed by atoms with van der Waals surface area (Å²) in [6, 6.07) is 10.9. The molecule has 0 aliphatic heterocycles. The number of guanidine groups is 1. The van der Waals surface area contributed by atoms with Gasteiger partial charge >= 0.3 is 0 Å². The van der Waals surface area contributed by atoms with Gasteiger partial charge in [0.25, 0.3) is 0 Å². The summed E-state index contributed by atoms with van der Waals surface area (Å²) in [6.07, 6.45) is 6.06. The predicted molar refractivity (Wildman–Crippen MR) is 119 cm³/mol. The summed E-state index contributed by atoms with van der Waals surface area (Å²) in [4.78, 5) is 4.35. The van der Waals surface area contributed by atoms with E-state index in [1.54, 1.807) is 7.11 Å². The van der Waals surface area contributed by atoms with Crippen LogP contribution in [0.25, 0.3) is 0 Å². The largest absolute Gasteiger partial charge is 0.382 e. The fourth-order valence-electron chi connectivity index (χ4n) is 3.51. The highest BCUT2D eigenvalue weighted by Gasteiger charge is 2.35. The van der Waals surface area contributed by atoms with Crippen molar-refractivity contribution in [3.05, 3.63) is 35.9 Å². The van der Waals surface area contributed by atoms with E-state index in [-0.39, 0.29) is 29.4 Å². The minimum atomic E-state index is 0. The SMILES string of the molecule is CN=C(NCCCOCCOC)NCC1(c2ccccc2)CCCC1.I. The topological polar surface area (TPSA) is 54.9 Å². The molecule has 1 aromatic carbocycles. The molecule has 2 N–H and O–H groups in total. The lowest BCUT2D eigenvalue weighted by molar-refractivity contribution is 0.0698. The van der Waals surface area contributed by atoms with Crippen LogP contribution >= 0.6 is 24.0 Å². The quantitative estimate of drug-likeness (QED) is 0.236. The van der Waals surface area contributed by atoms with Crippen LogP contribution in [0.15, 0.2) is 35.3 Å². The zero-order valence-corrected chi connectivity index (χ0v) is 18.5. The molecule has 0 atom stereocenters. The first kappa shape index (κ1) is 23.2. The third-order valence-corrected chi connectivity index (χ3v) is 4.95. The van der Waals surface area contributed by atoms with E-state index < -0.39 is 0 Å². The highest BCUT2D eigenvalue weighted by molar-refractivity contribution is 14.0. The van der Waals surface area contributed by atoms with E-state index in [4.69, 9.17) is 9.47 Å². The first-order valence-electron chi connectivity index (χ1n) is 9.37. The molecule has 0 radical (unpaired) electrons. The van der Waals surface area contributed by atoms with E-state index in [1.165, 1.54) is 31.2 Å². The maximum atomic E-state index is 5.48. The number of nitrogens with zero attached hydrogens (tertiary/aromatic N) is 1. The van der Waals surface area contributed by atoms with Crippen LogP contribution in [0.1, 0.15) is 37.7 Å². The maximum absolute atomic E-state index is 5.48. The third kappa shape index (κ3) is 7.40. The normalized spacial score (nSPS) is 16.2. The molecule has 1 aliphatic rings. The summed E-state index contributed by atoms with van der Waals surface area (Å²) in [5.41, 5.74) is 1.68. The van der Waals surface area contributed by atoms with Gasteiger partial charge in [-0.05, 0) is 24.8 Å². The summed E-state index contributed by atoms with van der Waals surface area (Å²) in [7, 11) is 3.52. The molecular weight excluding hydrogens is 441 g/mol. The Balaban J connectivity index is 0.00000338. The Bertz CT molecular complexity index is 505. The van der Waals surface area contributed by atoms with Gasteiger partial charge in [-0.25, -0.2) is 0 Å². The van der Waals surface area contributed by atoms with Crippen molar-refractivity contribution in [3.63, 3.8) is 0 Å². The molecule has 0 bridgehead atoms. The first-order chi connectivity index (χ1) is 12.3. The lowest BCUT2D eigenvalue weighted by atomic mass is 9.79. The molecule has 0 amide bonds. The molecule has 148 valence electrons. The van der Waals surface area contributed by atoms with E-state index in [2.05, 4.69) is 46.0 Å². The highest BCUT2D eigenvalue weighted by atomic mass is 127. The molecule has 0 saturated heterocycles. The highest BCUT2D eigenvalue weighted by Crippen LogP contribution is 2.40. The lowest BCUT2D eigenvalue weighted by Crippen LogP contribution is -2.45. The van der Waals surface area contributed by atoms with Gasteiger partial charge in [0.1, 0.15) is 0 Å². The Morgan fingerprint density at radius 3 is 2.46 bits per heavy atom. The minimum Gasteiger partial charge on any atom is -0.382 e. The Morgan fingerprint density at radius 2 is 1.81 bits per heavy atom. The number of benzene rings is 1. The van der Waals surface area contributed by atoms with Crippen LogP contribution in [0.4, 0.5) is 0 Å². The maximum Gasteiger partial charge on any atom is 0.191 e. The second-order valence-electron chi connectivity index (χ2n) is 6.66. The molecule has 2 rings (SSSR count). The number of aliphatic imine (C=N–C) groups is 1. The van der Waals surface area contributed by atoms with Crippen molar-refractivity contribution in [1.29, 1.82) is 0 Å². The second-order valence-corrected chi connectivity index (χ2v) is 6.66. The van der Waals surface area contributed by atoms with Crippen molar-refractivity contribution in [2.45, 2.75) is 37.5 Å². The molecular formula is C20H34IN3O2. The Kier molecular flexibility index (Phi) is 11.9. The molecule has 0 spiro atoms. The van der Waals surface area contributed by atoms with Gasteiger partial charge in [0, 0.05) is 39.3 Å². The second kappa shape index (κ2) is 13.3. The summed E-state index contributed by atoms with van der Waals surface area (Å²) >= 11 is 0. The molecule has 6 heteroatoms. The Labute approximate surface area is 175 Å². The van der Waals surface area contributed by atoms with Gasteiger partial charge in [0.15, 0.2) is 5.96 Å². The van der Waals surface area contributed by atoms with Gasteiger partial charge in [0.05, 0.1) is 13.2 Å². The average molecular weight is 475 g/mol.